The van der Waals surface area contributed by atoms with Crippen LogP contribution in [0.1, 0.15) is 69.1 Å². The molecule has 4 rings (SSSR count). The third kappa shape index (κ3) is 5.41. The van der Waals surface area contributed by atoms with Crippen molar-refractivity contribution in [3.63, 3.8) is 0 Å². The van der Waals surface area contributed by atoms with Crippen LogP contribution in [0, 0.1) is 17.8 Å². The molecule has 4 heteroatoms. The molecule has 0 saturated heterocycles. The number of hydrogen-bond donors (Lipinski definition) is 2. The van der Waals surface area contributed by atoms with E-state index in [1.54, 1.807) is 7.05 Å². The van der Waals surface area contributed by atoms with Crippen LogP contribution in [0.25, 0.3) is 0 Å². The van der Waals surface area contributed by atoms with Gasteiger partial charge in [0.1, 0.15) is 11.9 Å². The number of amides is 2. The largest absolute Gasteiger partial charge is 0.485 e. The summed E-state index contributed by atoms with van der Waals surface area (Å²) in [5.41, 5.74) is 3.50. The van der Waals surface area contributed by atoms with Crippen molar-refractivity contribution < 1.29 is 9.53 Å². The Labute approximate surface area is 186 Å². The molecule has 0 radical (unpaired) electrons. The Bertz CT molecular complexity index is 873. The second kappa shape index (κ2) is 10.2. The minimum Gasteiger partial charge on any atom is -0.485 e. The number of nitrogens with one attached hydrogen (secondary N) is 2. The number of anilines is 1. The van der Waals surface area contributed by atoms with Crippen LogP contribution >= 0.6 is 0 Å². The first-order chi connectivity index (χ1) is 15.2. The van der Waals surface area contributed by atoms with Crippen molar-refractivity contribution in [2.45, 2.75) is 64.4 Å². The molecular weight excluding hydrogens is 384 g/mol. The molecule has 1 saturated carbocycles. The molecule has 0 spiro atoms. The van der Waals surface area contributed by atoms with Gasteiger partial charge in [0.2, 0.25) is 0 Å². The first-order valence-corrected chi connectivity index (χ1v) is 12.0. The molecule has 0 bridgehead atoms. The van der Waals surface area contributed by atoms with Crippen molar-refractivity contribution in [1.82, 2.24) is 5.32 Å². The van der Waals surface area contributed by atoms with Crippen LogP contribution in [-0.2, 0) is 6.42 Å². The van der Waals surface area contributed by atoms with Crippen molar-refractivity contribution in [3.8, 4) is 5.75 Å². The van der Waals surface area contributed by atoms with Crippen LogP contribution < -0.4 is 15.4 Å². The van der Waals surface area contributed by atoms with Crippen molar-refractivity contribution >= 4 is 11.7 Å². The summed E-state index contributed by atoms with van der Waals surface area (Å²) in [5, 5.41) is 5.43. The van der Waals surface area contributed by atoms with E-state index in [9.17, 15) is 4.79 Å². The summed E-state index contributed by atoms with van der Waals surface area (Å²) < 4.78 is 6.60. The number of carbonyl (C=O) groups excluding carboxylic acids is 1. The van der Waals surface area contributed by atoms with E-state index < -0.39 is 0 Å². The van der Waals surface area contributed by atoms with Gasteiger partial charge in [0.05, 0.1) is 0 Å². The highest BCUT2D eigenvalue weighted by Crippen LogP contribution is 2.45. The molecule has 2 atom stereocenters. The molecule has 2 aliphatic carbocycles. The van der Waals surface area contributed by atoms with E-state index in [0.29, 0.717) is 5.92 Å². The molecule has 166 valence electrons. The summed E-state index contributed by atoms with van der Waals surface area (Å²) in [5.74, 6) is 3.09. The maximum absolute atomic E-state index is 11.7. The zero-order valence-corrected chi connectivity index (χ0v) is 18.9. The Morgan fingerprint density at radius 2 is 1.81 bits per heavy atom. The molecule has 0 aliphatic heterocycles. The Morgan fingerprint density at radius 3 is 2.58 bits per heavy atom. The van der Waals surface area contributed by atoms with E-state index in [4.69, 9.17) is 4.74 Å². The van der Waals surface area contributed by atoms with Gasteiger partial charge in [0.15, 0.2) is 0 Å². The number of benzene rings is 2. The lowest BCUT2D eigenvalue weighted by molar-refractivity contribution is 0.118. The predicted molar refractivity (Wildman–Crippen MR) is 126 cm³/mol. The Hall–Kier alpha value is -2.49. The Kier molecular flexibility index (Phi) is 7.16. The van der Waals surface area contributed by atoms with Gasteiger partial charge < -0.3 is 15.4 Å². The molecule has 31 heavy (non-hydrogen) atoms. The van der Waals surface area contributed by atoms with Gasteiger partial charge in [-0.25, -0.2) is 4.79 Å². The fourth-order valence-corrected chi connectivity index (χ4v) is 5.59. The lowest BCUT2D eigenvalue weighted by atomic mass is 9.76. The van der Waals surface area contributed by atoms with E-state index in [-0.39, 0.29) is 12.1 Å². The van der Waals surface area contributed by atoms with Gasteiger partial charge in [-0.3, -0.25) is 0 Å². The van der Waals surface area contributed by atoms with Crippen LogP contribution in [0.3, 0.4) is 0 Å². The number of ether oxygens (including phenoxy) is 1. The van der Waals surface area contributed by atoms with Crippen LogP contribution in [0.2, 0.25) is 0 Å². The number of rotatable bonds is 7. The second-order valence-corrected chi connectivity index (χ2v) is 9.34. The van der Waals surface area contributed by atoms with Gasteiger partial charge in [-0.1, -0.05) is 75.8 Å². The van der Waals surface area contributed by atoms with Crippen molar-refractivity contribution in [3.05, 3.63) is 59.7 Å². The summed E-state index contributed by atoms with van der Waals surface area (Å²) in [6.45, 7) is 2.31. The van der Waals surface area contributed by atoms with Crippen LogP contribution in [-0.4, -0.2) is 13.1 Å². The van der Waals surface area contributed by atoms with Gasteiger partial charge in [-0.2, -0.15) is 0 Å². The highest BCUT2D eigenvalue weighted by atomic mass is 16.5. The standard InChI is InChI=1S/C27H36N2O2/c1-3-7-19-12-14-20(15-13-19)16-22-17-21-8-4-5-11-25(21)26(22)31-24-10-6-9-23(18-24)29-27(30)28-2/h4-6,8-11,18-20,22,26H,3,7,12-17H2,1-2H3,(H2,28,29,30). The topological polar surface area (TPSA) is 50.4 Å². The number of carbonyl (C=O) groups is 1. The molecule has 2 amide bonds. The maximum Gasteiger partial charge on any atom is 0.318 e. The second-order valence-electron chi connectivity index (χ2n) is 9.34. The summed E-state index contributed by atoms with van der Waals surface area (Å²) >= 11 is 0. The number of fused-ring (bicyclic) bond motifs is 1. The van der Waals surface area contributed by atoms with Crippen molar-refractivity contribution in [2.75, 3.05) is 12.4 Å². The molecule has 0 heterocycles. The number of hydrogen-bond acceptors (Lipinski definition) is 2. The first-order valence-electron chi connectivity index (χ1n) is 12.0. The monoisotopic (exact) mass is 420 g/mol. The van der Waals surface area contributed by atoms with Crippen LogP contribution in [0.15, 0.2) is 48.5 Å². The van der Waals surface area contributed by atoms with E-state index in [0.717, 1.165) is 29.7 Å². The summed E-state index contributed by atoms with van der Waals surface area (Å²) in [6, 6.07) is 16.3. The highest BCUT2D eigenvalue weighted by molar-refractivity contribution is 5.89. The van der Waals surface area contributed by atoms with Gasteiger partial charge >= 0.3 is 6.03 Å². The molecule has 4 nitrogen and oxygen atoms in total. The van der Waals surface area contributed by atoms with Crippen LogP contribution in [0.5, 0.6) is 5.75 Å². The summed E-state index contributed by atoms with van der Waals surface area (Å²) in [4.78, 5) is 11.7. The Morgan fingerprint density at radius 1 is 1.03 bits per heavy atom. The zero-order chi connectivity index (χ0) is 21.6. The quantitative estimate of drug-likeness (QED) is 0.522. The maximum atomic E-state index is 11.7. The molecule has 2 unspecified atom stereocenters. The normalized spacial score (nSPS) is 25.0. The van der Waals surface area contributed by atoms with E-state index in [1.165, 1.54) is 56.1 Å². The summed E-state index contributed by atoms with van der Waals surface area (Å²) in [7, 11) is 1.62. The third-order valence-corrected chi connectivity index (χ3v) is 7.15. The fraction of sp³-hybridized carbons (Fsp3) is 0.519. The first kappa shape index (κ1) is 21.7. The van der Waals surface area contributed by atoms with E-state index >= 15 is 0 Å². The van der Waals surface area contributed by atoms with Crippen LogP contribution in [0.4, 0.5) is 10.5 Å². The van der Waals surface area contributed by atoms with Gasteiger partial charge in [0.25, 0.3) is 0 Å². The zero-order valence-electron chi connectivity index (χ0n) is 18.9. The lowest BCUT2D eigenvalue weighted by Gasteiger charge is -2.32. The molecule has 0 aromatic heterocycles. The highest BCUT2D eigenvalue weighted by Gasteiger charge is 2.36. The minimum absolute atomic E-state index is 0.0832. The average molecular weight is 421 g/mol. The van der Waals surface area contributed by atoms with Crippen molar-refractivity contribution in [2.24, 2.45) is 17.8 Å². The molecule has 2 aromatic carbocycles. The van der Waals surface area contributed by atoms with Gasteiger partial charge in [-0.05, 0) is 47.9 Å². The molecular formula is C27H36N2O2. The summed E-state index contributed by atoms with van der Waals surface area (Å²) in [6.07, 6.45) is 10.7. The van der Waals surface area contributed by atoms with E-state index in [2.05, 4.69) is 41.8 Å². The lowest BCUT2D eigenvalue weighted by Crippen LogP contribution is -2.24. The molecule has 2 aromatic rings. The predicted octanol–water partition coefficient (Wildman–Crippen LogP) is 6.73. The third-order valence-electron chi connectivity index (χ3n) is 7.15. The SMILES string of the molecule is CCCC1CCC(CC2Cc3ccccc3C2Oc2cccc(NC(=O)NC)c2)CC1. The van der Waals surface area contributed by atoms with Gasteiger partial charge in [-0.15, -0.1) is 0 Å². The fourth-order valence-electron chi connectivity index (χ4n) is 5.59. The molecule has 1 fully saturated rings. The van der Waals surface area contributed by atoms with E-state index in [1.807, 2.05) is 24.3 Å². The van der Waals surface area contributed by atoms with Gasteiger partial charge in [0, 0.05) is 24.7 Å². The minimum atomic E-state index is -0.222. The smallest absolute Gasteiger partial charge is 0.318 e. The van der Waals surface area contributed by atoms with Crippen molar-refractivity contribution in [1.29, 1.82) is 0 Å². The molecule has 2 aliphatic rings. The molecule has 2 N–H and O–H groups in total. The average Bonchev–Trinajstić information content (AvgIpc) is 3.12. The number of urea groups is 1. The Balaban J connectivity index is 1.46.